The van der Waals surface area contributed by atoms with Gasteiger partial charge in [-0.25, -0.2) is 4.68 Å². The average molecular weight is 487 g/mol. The molecule has 35 heavy (non-hydrogen) atoms. The summed E-state index contributed by atoms with van der Waals surface area (Å²) < 4.78 is 3.23. The number of amides is 2. The fourth-order valence-corrected chi connectivity index (χ4v) is 4.50. The highest BCUT2D eigenvalue weighted by molar-refractivity contribution is 8.00. The second-order valence-electron chi connectivity index (χ2n) is 8.09. The minimum Gasteiger partial charge on any atom is -0.325 e. The molecular formula is C27H26N4O3S. The van der Waals surface area contributed by atoms with Crippen LogP contribution in [0.15, 0.2) is 88.6 Å². The Morgan fingerprint density at radius 3 is 2.23 bits per heavy atom. The summed E-state index contributed by atoms with van der Waals surface area (Å²) >= 11 is 1.27. The van der Waals surface area contributed by atoms with Crippen molar-refractivity contribution in [2.24, 2.45) is 7.05 Å². The Kier molecular flexibility index (Phi) is 7.22. The van der Waals surface area contributed by atoms with E-state index in [2.05, 4.69) is 10.6 Å². The number of anilines is 2. The molecule has 0 unspecified atom stereocenters. The molecule has 8 heteroatoms. The van der Waals surface area contributed by atoms with Gasteiger partial charge in [0.25, 0.3) is 11.5 Å². The van der Waals surface area contributed by atoms with E-state index in [1.54, 1.807) is 36.9 Å². The molecule has 2 N–H and O–H groups in total. The molecule has 0 bridgehead atoms. The van der Waals surface area contributed by atoms with Gasteiger partial charge in [-0.15, -0.1) is 11.8 Å². The van der Waals surface area contributed by atoms with Crippen LogP contribution < -0.4 is 16.2 Å². The van der Waals surface area contributed by atoms with Crippen LogP contribution in [0.3, 0.4) is 0 Å². The number of para-hydroxylation sites is 1. The lowest BCUT2D eigenvalue weighted by molar-refractivity contribution is -0.113. The summed E-state index contributed by atoms with van der Waals surface area (Å²) in [6.07, 6.45) is 0. The quantitative estimate of drug-likeness (QED) is 0.368. The fourth-order valence-electron chi connectivity index (χ4n) is 3.65. The predicted octanol–water partition coefficient (Wildman–Crippen LogP) is 4.78. The number of aryl methyl sites for hydroxylation is 1. The molecule has 0 fully saturated rings. The van der Waals surface area contributed by atoms with E-state index in [4.69, 9.17) is 0 Å². The zero-order chi connectivity index (χ0) is 24.9. The Bertz CT molecular complexity index is 1420. The van der Waals surface area contributed by atoms with E-state index in [0.717, 1.165) is 11.3 Å². The summed E-state index contributed by atoms with van der Waals surface area (Å²) in [7, 11) is 1.77. The minimum atomic E-state index is -0.405. The van der Waals surface area contributed by atoms with Crippen LogP contribution in [0.1, 0.15) is 21.6 Å². The maximum absolute atomic E-state index is 13.2. The zero-order valence-corrected chi connectivity index (χ0v) is 20.6. The summed E-state index contributed by atoms with van der Waals surface area (Å²) in [5.41, 5.74) is 3.48. The second kappa shape index (κ2) is 10.5. The van der Waals surface area contributed by atoms with Crippen LogP contribution in [0.4, 0.5) is 11.4 Å². The number of nitrogens with zero attached hydrogens (tertiary/aromatic N) is 2. The largest absolute Gasteiger partial charge is 0.325 e. The summed E-state index contributed by atoms with van der Waals surface area (Å²) in [5, 5.41) is 5.65. The molecule has 0 atom stereocenters. The van der Waals surface area contributed by atoms with E-state index in [1.807, 2.05) is 67.6 Å². The minimum absolute atomic E-state index is 0.142. The lowest BCUT2D eigenvalue weighted by Crippen LogP contribution is -2.23. The van der Waals surface area contributed by atoms with Crippen LogP contribution in [0, 0.1) is 13.8 Å². The molecule has 3 aromatic carbocycles. The van der Waals surface area contributed by atoms with Gasteiger partial charge >= 0.3 is 0 Å². The Hall–Kier alpha value is -4.04. The third-order valence-electron chi connectivity index (χ3n) is 5.62. The number of hydrogen-bond donors (Lipinski definition) is 2. The lowest BCUT2D eigenvalue weighted by atomic mass is 10.2. The van der Waals surface area contributed by atoms with Crippen molar-refractivity contribution in [3.63, 3.8) is 0 Å². The molecule has 0 aliphatic heterocycles. The van der Waals surface area contributed by atoms with Crippen LogP contribution in [0.2, 0.25) is 0 Å². The van der Waals surface area contributed by atoms with Gasteiger partial charge in [0.15, 0.2) is 0 Å². The summed E-state index contributed by atoms with van der Waals surface area (Å²) in [4.78, 5) is 39.4. The monoisotopic (exact) mass is 486 g/mol. The van der Waals surface area contributed by atoms with Gasteiger partial charge in [-0.3, -0.25) is 19.1 Å². The van der Waals surface area contributed by atoms with Gasteiger partial charge in [0.05, 0.1) is 22.7 Å². The van der Waals surface area contributed by atoms with Crippen molar-refractivity contribution in [1.82, 2.24) is 9.36 Å². The topological polar surface area (TPSA) is 85.1 Å². The van der Waals surface area contributed by atoms with Crippen LogP contribution in [-0.2, 0) is 11.8 Å². The number of benzene rings is 3. The van der Waals surface area contributed by atoms with Gasteiger partial charge in [0, 0.05) is 17.6 Å². The van der Waals surface area contributed by atoms with Crippen molar-refractivity contribution in [2.45, 2.75) is 18.7 Å². The van der Waals surface area contributed by atoms with Crippen LogP contribution in [0.5, 0.6) is 0 Å². The first-order valence-electron chi connectivity index (χ1n) is 11.1. The third kappa shape index (κ3) is 5.38. The Labute approximate surface area is 207 Å². The Morgan fingerprint density at radius 2 is 1.51 bits per heavy atom. The number of hydrogen-bond acceptors (Lipinski definition) is 4. The molecule has 0 aliphatic rings. The number of rotatable bonds is 7. The first-order chi connectivity index (χ1) is 16.8. The predicted molar refractivity (Wildman–Crippen MR) is 141 cm³/mol. The third-order valence-corrected chi connectivity index (χ3v) is 6.69. The SMILES string of the molecule is Cc1ccc(NC(=O)CSc2ccccc2C(=O)Nc2c(C)n(C)n(-c3ccccc3)c2=O)cc1. The molecule has 7 nitrogen and oxygen atoms in total. The van der Waals surface area contributed by atoms with Crippen molar-refractivity contribution >= 4 is 35.0 Å². The average Bonchev–Trinajstić information content (AvgIpc) is 3.07. The highest BCUT2D eigenvalue weighted by Crippen LogP contribution is 2.24. The number of thioether (sulfide) groups is 1. The summed E-state index contributed by atoms with van der Waals surface area (Å²) in [6, 6.07) is 23.9. The number of carbonyl (C=O) groups is 2. The van der Waals surface area contributed by atoms with Gasteiger partial charge in [-0.2, -0.15) is 0 Å². The van der Waals surface area contributed by atoms with Crippen molar-refractivity contribution in [2.75, 3.05) is 16.4 Å². The number of carbonyl (C=O) groups excluding carboxylic acids is 2. The molecule has 0 radical (unpaired) electrons. The zero-order valence-electron chi connectivity index (χ0n) is 19.7. The van der Waals surface area contributed by atoms with Crippen molar-refractivity contribution in [3.8, 4) is 5.69 Å². The molecule has 1 aromatic heterocycles. The molecule has 4 aromatic rings. The molecular weight excluding hydrogens is 460 g/mol. The van der Waals surface area contributed by atoms with Gasteiger partial charge in [0.2, 0.25) is 5.91 Å². The van der Waals surface area contributed by atoms with Crippen LogP contribution >= 0.6 is 11.8 Å². The van der Waals surface area contributed by atoms with E-state index in [0.29, 0.717) is 21.8 Å². The highest BCUT2D eigenvalue weighted by atomic mass is 32.2. The van der Waals surface area contributed by atoms with E-state index in [-0.39, 0.29) is 22.9 Å². The van der Waals surface area contributed by atoms with Crippen molar-refractivity contribution in [3.05, 3.63) is 106 Å². The normalized spacial score (nSPS) is 10.7. The Balaban J connectivity index is 1.50. The first-order valence-corrected chi connectivity index (χ1v) is 12.1. The van der Waals surface area contributed by atoms with E-state index in [9.17, 15) is 14.4 Å². The second-order valence-corrected chi connectivity index (χ2v) is 9.11. The van der Waals surface area contributed by atoms with Gasteiger partial charge < -0.3 is 10.6 Å². The first kappa shape index (κ1) is 24.1. The van der Waals surface area contributed by atoms with E-state index < -0.39 is 5.91 Å². The van der Waals surface area contributed by atoms with Crippen molar-refractivity contribution < 1.29 is 9.59 Å². The molecule has 1 heterocycles. The van der Waals surface area contributed by atoms with Crippen molar-refractivity contribution in [1.29, 1.82) is 0 Å². The van der Waals surface area contributed by atoms with E-state index >= 15 is 0 Å². The van der Waals surface area contributed by atoms with Gasteiger partial charge in [0.1, 0.15) is 5.69 Å². The molecule has 178 valence electrons. The molecule has 0 aliphatic carbocycles. The van der Waals surface area contributed by atoms with Gasteiger partial charge in [-0.05, 0) is 50.2 Å². The summed E-state index contributed by atoms with van der Waals surface area (Å²) in [6.45, 7) is 3.77. The highest BCUT2D eigenvalue weighted by Gasteiger charge is 2.20. The Morgan fingerprint density at radius 1 is 0.857 bits per heavy atom. The number of aromatic nitrogens is 2. The van der Waals surface area contributed by atoms with Gasteiger partial charge in [-0.1, -0.05) is 48.0 Å². The summed E-state index contributed by atoms with van der Waals surface area (Å²) in [5.74, 6) is -0.430. The molecule has 0 saturated carbocycles. The van der Waals surface area contributed by atoms with E-state index in [1.165, 1.54) is 16.4 Å². The fraction of sp³-hybridized carbons (Fsp3) is 0.148. The molecule has 0 spiro atoms. The lowest BCUT2D eigenvalue weighted by Gasteiger charge is -2.10. The molecule has 0 saturated heterocycles. The van der Waals surface area contributed by atoms with Crippen LogP contribution in [-0.4, -0.2) is 26.9 Å². The standard InChI is InChI=1S/C27H26N4O3S/c1-18-13-15-20(16-14-18)28-24(32)17-35-23-12-8-7-11-22(23)26(33)29-25-19(2)30(3)31(27(25)34)21-9-5-4-6-10-21/h4-16H,17H2,1-3H3,(H,28,32)(H,29,33). The molecule has 2 amide bonds. The number of nitrogens with one attached hydrogen (secondary N) is 2. The maximum Gasteiger partial charge on any atom is 0.295 e. The van der Waals surface area contributed by atoms with Crippen LogP contribution in [0.25, 0.3) is 5.69 Å². The molecule has 4 rings (SSSR count). The smallest absolute Gasteiger partial charge is 0.295 e. The maximum atomic E-state index is 13.2.